The van der Waals surface area contributed by atoms with Crippen molar-refractivity contribution in [3.8, 4) is 11.5 Å². The van der Waals surface area contributed by atoms with Gasteiger partial charge in [-0.2, -0.15) is 0 Å². The van der Waals surface area contributed by atoms with Gasteiger partial charge in [-0.05, 0) is 103 Å². The Morgan fingerprint density at radius 3 is 2.04 bits per heavy atom. The summed E-state index contributed by atoms with van der Waals surface area (Å²) in [6.45, 7) is 11.4. The molecule has 1 aliphatic rings. The number of nitrogens with zero attached hydrogens (tertiary/aromatic N) is 1. The van der Waals surface area contributed by atoms with E-state index in [0.717, 1.165) is 25.7 Å². The van der Waals surface area contributed by atoms with Crippen LogP contribution in [0.25, 0.3) is 0 Å². The summed E-state index contributed by atoms with van der Waals surface area (Å²) in [6.07, 6.45) is 5.54. The number of aromatic hydroxyl groups is 1. The molecule has 45 heavy (non-hydrogen) atoms. The zero-order chi connectivity index (χ0) is 33.7. The van der Waals surface area contributed by atoms with Crippen molar-refractivity contribution in [3.05, 3.63) is 52.1 Å². The van der Waals surface area contributed by atoms with Gasteiger partial charge in [0.25, 0.3) is 0 Å². The first-order valence-electron chi connectivity index (χ1n) is 15.2. The third kappa shape index (κ3) is 9.67. The molecular formula is C33H46FNO9P+. The number of hydrogen-bond donors (Lipinski definition) is 2. The quantitative estimate of drug-likeness (QED) is 0.147. The molecule has 2 aromatic rings. The molecule has 0 saturated heterocycles. The summed E-state index contributed by atoms with van der Waals surface area (Å²) < 4.78 is 49.8. The Hall–Kier alpha value is -3.14. The lowest BCUT2D eigenvalue weighted by atomic mass is 9.86. The maximum atomic E-state index is 16.0. The second-order valence-corrected chi connectivity index (χ2v) is 14.5. The van der Waals surface area contributed by atoms with Crippen LogP contribution in [0, 0.1) is 30.5 Å². The summed E-state index contributed by atoms with van der Waals surface area (Å²) in [6, 6.07) is 4.75. The molecule has 1 aromatic carbocycles. The lowest BCUT2D eigenvalue weighted by Crippen LogP contribution is -2.49. The molecule has 0 bridgehead atoms. The molecule has 10 nitrogen and oxygen atoms in total. The molecule has 248 valence electrons. The van der Waals surface area contributed by atoms with Crippen LogP contribution in [0.2, 0.25) is 0 Å². The van der Waals surface area contributed by atoms with Crippen LogP contribution in [-0.4, -0.2) is 45.9 Å². The SMILES string of the molecule is Cc1cc(OC(COC(=O)C(C)(C)C)(COC(=O)C(C)(C)C)O[P+](=O)O)c(F)c(C)c1Cc1ccc(O)c(C2CCCCC2)n1. The molecule has 1 heterocycles. The van der Waals surface area contributed by atoms with Gasteiger partial charge >= 0.3 is 26.0 Å². The van der Waals surface area contributed by atoms with E-state index in [4.69, 9.17) is 23.7 Å². The van der Waals surface area contributed by atoms with Crippen LogP contribution in [0.4, 0.5) is 4.39 Å². The molecule has 0 amide bonds. The summed E-state index contributed by atoms with van der Waals surface area (Å²) in [5, 5.41) is 10.5. The molecule has 3 rings (SSSR count). The lowest BCUT2D eigenvalue weighted by Gasteiger charge is -2.30. The molecule has 1 fully saturated rings. The first-order chi connectivity index (χ1) is 20.8. The number of carbonyl (C=O) groups is 2. The monoisotopic (exact) mass is 650 g/mol. The molecule has 12 heteroatoms. The fourth-order valence-corrected chi connectivity index (χ4v) is 5.50. The molecule has 1 atom stereocenters. The van der Waals surface area contributed by atoms with E-state index in [9.17, 15) is 24.2 Å². The molecule has 1 aliphatic carbocycles. The number of aryl methyl sites for hydroxylation is 1. The predicted molar refractivity (Wildman–Crippen MR) is 166 cm³/mol. The van der Waals surface area contributed by atoms with Crippen molar-refractivity contribution < 1.29 is 47.3 Å². The number of carbonyl (C=O) groups excluding carboxylic acids is 2. The fourth-order valence-electron chi connectivity index (χ4n) is 5.07. The first-order valence-corrected chi connectivity index (χ1v) is 16.3. The molecular weight excluding hydrogens is 604 g/mol. The molecule has 1 unspecified atom stereocenters. The molecule has 1 aromatic heterocycles. The summed E-state index contributed by atoms with van der Waals surface area (Å²) in [7, 11) is -3.39. The van der Waals surface area contributed by atoms with Gasteiger partial charge in [0.15, 0.2) is 24.8 Å². The zero-order valence-electron chi connectivity index (χ0n) is 27.5. The highest BCUT2D eigenvalue weighted by atomic mass is 31.1. The summed E-state index contributed by atoms with van der Waals surface area (Å²) >= 11 is 0. The van der Waals surface area contributed by atoms with E-state index in [1.807, 2.05) is 0 Å². The average molecular weight is 651 g/mol. The number of benzene rings is 1. The van der Waals surface area contributed by atoms with Crippen molar-refractivity contribution in [1.29, 1.82) is 0 Å². The maximum absolute atomic E-state index is 16.0. The summed E-state index contributed by atoms with van der Waals surface area (Å²) in [5.41, 5.74) is 0.940. The summed E-state index contributed by atoms with van der Waals surface area (Å²) in [5.74, 6) is -4.53. The third-order valence-corrected chi connectivity index (χ3v) is 8.23. The third-order valence-electron chi connectivity index (χ3n) is 7.74. The normalized spacial score (nSPS) is 15.0. The molecule has 2 N–H and O–H groups in total. The molecule has 1 saturated carbocycles. The van der Waals surface area contributed by atoms with Gasteiger partial charge in [0.2, 0.25) is 0 Å². The van der Waals surface area contributed by atoms with Crippen LogP contribution >= 0.6 is 8.25 Å². The highest BCUT2D eigenvalue weighted by Crippen LogP contribution is 2.38. The molecule has 0 aliphatic heterocycles. The number of ether oxygens (including phenoxy) is 3. The Kier molecular flexibility index (Phi) is 11.7. The number of aromatic nitrogens is 1. The van der Waals surface area contributed by atoms with E-state index in [2.05, 4.69) is 0 Å². The molecule has 0 radical (unpaired) electrons. The van der Waals surface area contributed by atoms with Crippen molar-refractivity contribution >= 4 is 20.2 Å². The van der Waals surface area contributed by atoms with Crippen LogP contribution in [0.3, 0.4) is 0 Å². The Balaban J connectivity index is 1.98. The number of rotatable bonds is 11. The van der Waals surface area contributed by atoms with Crippen LogP contribution in [0.1, 0.15) is 108 Å². The second kappa shape index (κ2) is 14.5. The Bertz CT molecular complexity index is 1380. The van der Waals surface area contributed by atoms with Gasteiger partial charge in [0.1, 0.15) is 5.75 Å². The Labute approximate surface area is 265 Å². The van der Waals surface area contributed by atoms with Gasteiger partial charge in [0.05, 0.1) is 16.5 Å². The van der Waals surface area contributed by atoms with Crippen molar-refractivity contribution in [3.63, 3.8) is 0 Å². The average Bonchev–Trinajstić information content (AvgIpc) is 2.95. The second-order valence-electron chi connectivity index (χ2n) is 13.8. The van der Waals surface area contributed by atoms with E-state index >= 15 is 4.39 Å². The summed E-state index contributed by atoms with van der Waals surface area (Å²) in [4.78, 5) is 39.7. The van der Waals surface area contributed by atoms with E-state index in [0.29, 0.717) is 22.5 Å². The Morgan fingerprint density at radius 1 is 0.978 bits per heavy atom. The van der Waals surface area contributed by atoms with Gasteiger partial charge < -0.3 is 19.3 Å². The lowest BCUT2D eigenvalue weighted by molar-refractivity contribution is -0.207. The van der Waals surface area contributed by atoms with Crippen LogP contribution in [-0.2, 0) is 34.6 Å². The van der Waals surface area contributed by atoms with Crippen molar-refractivity contribution in [2.24, 2.45) is 10.8 Å². The maximum Gasteiger partial charge on any atom is 0.699 e. The van der Waals surface area contributed by atoms with Crippen molar-refractivity contribution in [1.82, 2.24) is 4.98 Å². The first kappa shape index (κ1) is 36.3. The van der Waals surface area contributed by atoms with Gasteiger partial charge in [-0.1, -0.05) is 23.8 Å². The highest BCUT2D eigenvalue weighted by Gasteiger charge is 2.48. The van der Waals surface area contributed by atoms with Gasteiger partial charge in [-0.15, -0.1) is 4.89 Å². The minimum absolute atomic E-state index is 0.159. The number of esters is 2. The zero-order valence-corrected chi connectivity index (χ0v) is 28.4. The fraction of sp³-hybridized carbons (Fsp3) is 0.606. The van der Waals surface area contributed by atoms with E-state index < -0.39 is 55.8 Å². The van der Waals surface area contributed by atoms with Crippen LogP contribution < -0.4 is 4.74 Å². The van der Waals surface area contributed by atoms with Crippen LogP contribution in [0.5, 0.6) is 11.5 Å². The van der Waals surface area contributed by atoms with Gasteiger partial charge in [-0.3, -0.25) is 14.6 Å². The van der Waals surface area contributed by atoms with Gasteiger partial charge in [-0.25, -0.2) is 4.39 Å². The standard InChI is InChI=1S/C33H45FNO9P/c1-20-16-26(27(34)21(2)24(20)17-23-14-15-25(36)28(35-23)22-12-10-9-11-13-22)43-33(44-45(39)40,18-41-29(37)31(3,4)5)19-42-30(38)32(6,7)8/h14-16,22H,9-13,17-19H2,1-8H3,(H-,36,39,40)/p+1. The van der Waals surface area contributed by atoms with Crippen molar-refractivity contribution in [2.45, 2.75) is 106 Å². The van der Waals surface area contributed by atoms with E-state index in [1.54, 1.807) is 67.5 Å². The predicted octanol–water partition coefficient (Wildman–Crippen LogP) is 7.10. The van der Waals surface area contributed by atoms with Gasteiger partial charge in [0, 0.05) is 22.6 Å². The largest absolute Gasteiger partial charge is 0.699 e. The number of halogens is 1. The Morgan fingerprint density at radius 2 is 1.53 bits per heavy atom. The minimum Gasteiger partial charge on any atom is -0.506 e. The van der Waals surface area contributed by atoms with E-state index in [-0.39, 0.29) is 29.4 Å². The highest BCUT2D eigenvalue weighted by molar-refractivity contribution is 7.32. The minimum atomic E-state index is -3.39. The molecule has 0 spiro atoms. The number of pyridine rings is 1. The smallest absolute Gasteiger partial charge is 0.506 e. The van der Waals surface area contributed by atoms with Crippen molar-refractivity contribution in [2.75, 3.05) is 13.2 Å². The van der Waals surface area contributed by atoms with E-state index in [1.165, 1.54) is 12.5 Å². The van der Waals surface area contributed by atoms with Crippen LogP contribution in [0.15, 0.2) is 18.2 Å². The topological polar surface area (TPSA) is 141 Å². The number of hydrogen-bond acceptors (Lipinski definition) is 9.